The zero-order valence-corrected chi connectivity index (χ0v) is 32.5. The first-order valence-electron chi connectivity index (χ1n) is 14.9. The topological polar surface area (TPSA) is 46.7 Å². The van der Waals surface area contributed by atoms with Gasteiger partial charge in [-0.05, 0) is 91.4 Å². The molecule has 0 heterocycles. The van der Waals surface area contributed by atoms with Gasteiger partial charge in [0, 0.05) is 0 Å². The smallest absolute Gasteiger partial charge is 0.683 e. The first-order valence-corrected chi connectivity index (χ1v) is 20.8. The molecule has 2 unspecified atom stereocenters. The molecule has 2 aromatic carbocycles. The van der Waals surface area contributed by atoms with E-state index in [1.165, 1.54) is 33.4 Å². The van der Waals surface area contributed by atoms with Crippen LogP contribution in [0.2, 0.25) is 36.3 Å². The minimum atomic E-state index is -1.92. The second-order valence-corrected chi connectivity index (χ2v) is 22.0. The minimum Gasteiger partial charge on any atom is -0.683 e. The van der Waals surface area contributed by atoms with E-state index in [1.807, 2.05) is 48.5 Å². The van der Waals surface area contributed by atoms with Gasteiger partial charge in [0.2, 0.25) is 0 Å². The van der Waals surface area contributed by atoms with Crippen LogP contribution in [-0.2, 0) is 0 Å². The van der Waals surface area contributed by atoms with Crippen molar-refractivity contribution >= 4 is 27.8 Å². The maximum absolute atomic E-state index is 5.46. The van der Waals surface area contributed by atoms with Gasteiger partial charge in [0.1, 0.15) is 11.5 Å². The van der Waals surface area contributed by atoms with E-state index in [2.05, 4.69) is 93.7 Å². The number of hydrogen-bond acceptors (Lipinski definition) is 2. The molecule has 0 saturated carbocycles. The number of allylic oxidation sites excluding steroid dienone is 8. The minimum absolute atomic E-state index is 0. The Bertz CT molecular complexity index is 1350. The summed E-state index contributed by atoms with van der Waals surface area (Å²) in [6.07, 6.45) is 4.84. The molecule has 8 heteroatoms. The molecule has 0 radical (unpaired) electrons. The van der Waals surface area contributed by atoms with Crippen molar-refractivity contribution in [3.8, 4) is 11.5 Å². The number of methoxy groups -OCH3 is 2. The first-order chi connectivity index (χ1) is 19.5. The van der Waals surface area contributed by atoms with Gasteiger partial charge >= 0.3 is 37.7 Å². The van der Waals surface area contributed by atoms with Crippen LogP contribution in [-0.4, -0.2) is 30.7 Å². The van der Waals surface area contributed by atoms with E-state index in [0.717, 1.165) is 22.9 Å². The zero-order valence-electron chi connectivity index (χ0n) is 30.5. The predicted octanol–water partition coefficient (Wildman–Crippen LogP) is 5.93. The van der Waals surface area contributed by atoms with Crippen LogP contribution >= 0.6 is 0 Å². The van der Waals surface area contributed by atoms with Gasteiger partial charge in [-0.1, -0.05) is 122 Å². The molecule has 2 aliphatic rings. The molecule has 2 atom stereocenters. The molecule has 0 saturated heterocycles. The molecule has 2 aromatic rings. The summed E-state index contributed by atoms with van der Waals surface area (Å²) in [4.78, 5) is 10.3. The number of hydrogen-bond donors (Lipinski definition) is 0. The van der Waals surface area contributed by atoms with Crippen LogP contribution in [0.4, 0.5) is 11.4 Å². The van der Waals surface area contributed by atoms with Crippen molar-refractivity contribution in [1.82, 2.24) is 0 Å². The van der Waals surface area contributed by atoms with E-state index in [-0.39, 0.29) is 47.8 Å². The van der Waals surface area contributed by atoms with Gasteiger partial charge in [0.15, 0.2) is 0 Å². The van der Waals surface area contributed by atoms with Crippen LogP contribution in [0, 0.1) is 0 Å². The van der Waals surface area contributed by atoms with E-state index in [1.54, 1.807) is 14.2 Å². The van der Waals surface area contributed by atoms with E-state index >= 15 is 0 Å². The summed E-state index contributed by atoms with van der Waals surface area (Å²) in [5.74, 6) is 1.72. The van der Waals surface area contributed by atoms with Gasteiger partial charge in [0.05, 0.1) is 14.2 Å². The summed E-state index contributed by atoms with van der Waals surface area (Å²) in [6, 6.07) is 16.1. The van der Waals surface area contributed by atoms with Gasteiger partial charge in [-0.15, -0.1) is 0 Å². The Labute approximate surface area is 294 Å². The molecular weight excluding hydrogens is 562 g/mol. The fraction of sp³-hybridized carbons (Fsp3) is 0.444. The van der Waals surface area contributed by atoms with E-state index in [0.29, 0.717) is 0 Å². The van der Waals surface area contributed by atoms with Crippen LogP contribution < -0.4 is 47.2 Å². The molecule has 4 rings (SSSR count). The zero-order chi connectivity index (χ0) is 31.7. The van der Waals surface area contributed by atoms with Crippen LogP contribution in [0.5, 0.6) is 11.5 Å². The van der Waals surface area contributed by atoms with Crippen molar-refractivity contribution in [3.63, 3.8) is 0 Å². The monoisotopic (exact) mass is 614 g/mol. The van der Waals surface area contributed by atoms with E-state index in [4.69, 9.17) is 19.4 Å². The third kappa shape index (κ3) is 7.60. The Morgan fingerprint density at radius 1 is 0.545 bits per heavy atom. The summed E-state index contributed by atoms with van der Waals surface area (Å²) >= 11 is 0. The fourth-order valence-electron chi connectivity index (χ4n) is 6.22. The third-order valence-electron chi connectivity index (χ3n) is 10.4. The quantitative estimate of drug-likeness (QED) is 0.346. The Morgan fingerprint density at radius 3 is 1.09 bits per heavy atom. The average molecular weight is 615 g/mol. The molecule has 44 heavy (non-hydrogen) atoms. The standard InChI is InChI=1S/2C18H26NOSi.2Li/c2*1-13-12-18(4,15(3)14(13)2)21(6,7)19-16-10-8-9-11-17(16)20-5;;/h2*8-12H,1-7H3;;/q2*-1;2*+1. The van der Waals surface area contributed by atoms with E-state index in [9.17, 15) is 0 Å². The van der Waals surface area contributed by atoms with Crippen molar-refractivity contribution in [3.05, 3.63) is 104 Å². The number of nitrogens with zero attached hydrogens (tertiary/aromatic N) is 2. The molecule has 4 nitrogen and oxygen atoms in total. The number of ether oxygens (including phenoxy) is 2. The maximum atomic E-state index is 5.46. The number of benzene rings is 2. The average Bonchev–Trinajstić information content (AvgIpc) is 3.28. The van der Waals surface area contributed by atoms with Gasteiger partial charge < -0.3 is 19.4 Å². The largest absolute Gasteiger partial charge is 1.00 e. The normalized spacial score (nSPS) is 21.3. The van der Waals surface area contributed by atoms with Crippen molar-refractivity contribution in [2.75, 3.05) is 14.2 Å². The van der Waals surface area contributed by atoms with Gasteiger partial charge in [0.25, 0.3) is 0 Å². The summed E-state index contributed by atoms with van der Waals surface area (Å²) in [7, 11) is -0.422. The predicted molar refractivity (Wildman–Crippen MR) is 188 cm³/mol. The van der Waals surface area contributed by atoms with Crippen molar-refractivity contribution in [2.45, 2.75) is 91.7 Å². The Hall–Kier alpha value is -1.77. The van der Waals surface area contributed by atoms with Crippen LogP contribution in [0.1, 0.15) is 55.4 Å². The maximum Gasteiger partial charge on any atom is 1.00 e. The Balaban J connectivity index is 0.000000421. The van der Waals surface area contributed by atoms with Gasteiger partial charge in [-0.2, -0.15) is 0 Å². The second-order valence-electron chi connectivity index (χ2n) is 13.2. The van der Waals surface area contributed by atoms with Crippen molar-refractivity contribution < 1.29 is 47.2 Å². The van der Waals surface area contributed by atoms with Crippen LogP contribution in [0.15, 0.2) is 94.1 Å². The molecule has 0 amide bonds. The molecule has 0 spiro atoms. The molecule has 2 aliphatic carbocycles. The van der Waals surface area contributed by atoms with Crippen molar-refractivity contribution in [1.29, 1.82) is 0 Å². The molecular formula is C36H52Li2N2O2Si2. The molecule has 0 fully saturated rings. The third-order valence-corrected chi connectivity index (χ3v) is 18.1. The van der Waals surface area contributed by atoms with E-state index < -0.39 is 16.5 Å². The second kappa shape index (κ2) is 15.2. The number of rotatable bonds is 8. The molecule has 0 N–H and O–H groups in total. The van der Waals surface area contributed by atoms with Crippen LogP contribution in [0.3, 0.4) is 0 Å². The van der Waals surface area contributed by atoms with Gasteiger partial charge in [-0.25, -0.2) is 0 Å². The molecule has 0 aliphatic heterocycles. The summed E-state index contributed by atoms with van der Waals surface area (Å²) in [5, 5.41) is 0.143. The Morgan fingerprint density at radius 2 is 0.841 bits per heavy atom. The summed E-state index contributed by atoms with van der Waals surface area (Å²) in [6.45, 7) is 27.4. The summed E-state index contributed by atoms with van der Waals surface area (Å²) in [5.41, 5.74) is 10.5. The molecule has 0 aromatic heterocycles. The fourth-order valence-corrected chi connectivity index (χ4v) is 11.6. The molecule has 0 bridgehead atoms. The molecule has 228 valence electrons. The van der Waals surface area contributed by atoms with Crippen molar-refractivity contribution in [2.24, 2.45) is 0 Å². The van der Waals surface area contributed by atoms with Gasteiger partial charge in [-0.3, -0.25) is 0 Å². The first kappa shape index (κ1) is 40.3. The SMILES string of the molecule is COc1ccccc1[N-][Si](C)(C)C1(C)C=C(C)C(C)=C1C.COc1ccccc1[N-][Si](C)(C)C1(C)C=C(C)C(C)=C1C.[Li+].[Li+]. The summed E-state index contributed by atoms with van der Waals surface area (Å²) < 4.78 is 10.9. The number of para-hydroxylation sites is 2. The van der Waals surface area contributed by atoms with Crippen LogP contribution in [0.25, 0.3) is 9.96 Å². The Kier molecular flexibility index (Phi) is 13.9.